The summed E-state index contributed by atoms with van der Waals surface area (Å²) >= 11 is 0. The van der Waals surface area contributed by atoms with Gasteiger partial charge in [-0.2, -0.15) is 0 Å². The van der Waals surface area contributed by atoms with Crippen molar-refractivity contribution in [2.24, 2.45) is 5.41 Å². The van der Waals surface area contributed by atoms with Crippen LogP contribution in [0.4, 0.5) is 0 Å². The Morgan fingerprint density at radius 2 is 2.00 bits per heavy atom. The Morgan fingerprint density at radius 1 is 1.20 bits per heavy atom. The fraction of sp³-hybridized carbons (Fsp3) is 1.00. The van der Waals surface area contributed by atoms with E-state index in [4.69, 9.17) is 4.74 Å². The minimum absolute atomic E-state index is 0.486. The van der Waals surface area contributed by atoms with Gasteiger partial charge in [0, 0.05) is 19.1 Å². The van der Waals surface area contributed by atoms with Crippen LogP contribution in [0.5, 0.6) is 0 Å². The minimum atomic E-state index is 0.486. The molecule has 1 rings (SSSR count). The predicted molar refractivity (Wildman–Crippen MR) is 65.2 cm³/mol. The average molecular weight is 213 g/mol. The van der Waals surface area contributed by atoms with Gasteiger partial charge in [-0.05, 0) is 25.8 Å². The van der Waals surface area contributed by atoms with Crippen LogP contribution in [0, 0.1) is 5.41 Å². The second kappa shape index (κ2) is 7.24. The molecule has 2 nitrogen and oxygen atoms in total. The smallest absolute Gasteiger partial charge is 0.0530 e. The normalized spacial score (nSPS) is 18.8. The highest BCUT2D eigenvalue weighted by Gasteiger charge is 2.36. The van der Waals surface area contributed by atoms with Gasteiger partial charge in [0.2, 0.25) is 0 Å². The minimum Gasteiger partial charge on any atom is -0.384 e. The molecule has 0 aromatic carbocycles. The fourth-order valence-corrected chi connectivity index (χ4v) is 2.39. The van der Waals surface area contributed by atoms with Gasteiger partial charge >= 0.3 is 0 Å². The van der Waals surface area contributed by atoms with E-state index in [0.717, 1.165) is 13.2 Å². The number of hydrogen-bond acceptors (Lipinski definition) is 2. The van der Waals surface area contributed by atoms with Crippen molar-refractivity contribution in [1.82, 2.24) is 5.32 Å². The summed E-state index contributed by atoms with van der Waals surface area (Å²) in [6.45, 7) is 5.54. The van der Waals surface area contributed by atoms with E-state index in [1.807, 2.05) is 7.11 Å². The SMILES string of the molecule is CCCCCCNCC1(COC)CCC1. The van der Waals surface area contributed by atoms with Gasteiger partial charge in [-0.1, -0.05) is 32.6 Å². The van der Waals surface area contributed by atoms with Gasteiger partial charge < -0.3 is 10.1 Å². The van der Waals surface area contributed by atoms with Crippen molar-refractivity contribution in [2.75, 3.05) is 26.8 Å². The van der Waals surface area contributed by atoms with Crippen molar-refractivity contribution in [1.29, 1.82) is 0 Å². The molecule has 2 heteroatoms. The van der Waals surface area contributed by atoms with E-state index < -0.39 is 0 Å². The van der Waals surface area contributed by atoms with Crippen LogP contribution < -0.4 is 5.32 Å². The first kappa shape index (κ1) is 13.0. The predicted octanol–water partition coefficient (Wildman–Crippen LogP) is 2.97. The molecule has 0 aliphatic heterocycles. The van der Waals surface area contributed by atoms with Gasteiger partial charge in [0.1, 0.15) is 0 Å². The molecule has 15 heavy (non-hydrogen) atoms. The van der Waals surface area contributed by atoms with E-state index in [2.05, 4.69) is 12.2 Å². The van der Waals surface area contributed by atoms with E-state index in [0.29, 0.717) is 5.41 Å². The molecule has 0 heterocycles. The topological polar surface area (TPSA) is 21.3 Å². The highest BCUT2D eigenvalue weighted by Crippen LogP contribution is 2.40. The second-order valence-electron chi connectivity index (χ2n) is 5.02. The molecule has 1 N–H and O–H groups in total. The Morgan fingerprint density at radius 3 is 2.53 bits per heavy atom. The third kappa shape index (κ3) is 4.52. The van der Waals surface area contributed by atoms with Crippen LogP contribution in [0.15, 0.2) is 0 Å². The molecule has 0 aromatic heterocycles. The summed E-state index contributed by atoms with van der Waals surface area (Å²) in [7, 11) is 1.82. The lowest BCUT2D eigenvalue weighted by Gasteiger charge is -2.41. The highest BCUT2D eigenvalue weighted by molar-refractivity contribution is 4.89. The van der Waals surface area contributed by atoms with Crippen LogP contribution in [0.25, 0.3) is 0 Å². The third-order valence-electron chi connectivity index (χ3n) is 3.57. The molecule has 1 aliphatic carbocycles. The largest absolute Gasteiger partial charge is 0.384 e. The van der Waals surface area contributed by atoms with Crippen LogP contribution in [0.2, 0.25) is 0 Å². The monoisotopic (exact) mass is 213 g/mol. The first-order valence-corrected chi connectivity index (χ1v) is 6.53. The van der Waals surface area contributed by atoms with Crippen LogP contribution in [-0.4, -0.2) is 26.8 Å². The van der Waals surface area contributed by atoms with Crippen molar-refractivity contribution >= 4 is 0 Å². The first-order valence-electron chi connectivity index (χ1n) is 6.53. The molecule has 0 radical (unpaired) electrons. The molecular weight excluding hydrogens is 186 g/mol. The van der Waals surface area contributed by atoms with Crippen molar-refractivity contribution < 1.29 is 4.74 Å². The summed E-state index contributed by atoms with van der Waals surface area (Å²) in [5, 5.41) is 3.59. The molecule has 90 valence electrons. The van der Waals surface area contributed by atoms with Gasteiger partial charge in [0.05, 0.1) is 6.61 Å². The zero-order valence-electron chi connectivity index (χ0n) is 10.5. The molecule has 0 unspecified atom stereocenters. The fourth-order valence-electron chi connectivity index (χ4n) is 2.39. The van der Waals surface area contributed by atoms with Gasteiger partial charge in [0.25, 0.3) is 0 Å². The van der Waals surface area contributed by atoms with Crippen molar-refractivity contribution in [3.05, 3.63) is 0 Å². The van der Waals surface area contributed by atoms with Crippen molar-refractivity contribution in [3.63, 3.8) is 0 Å². The highest BCUT2D eigenvalue weighted by atomic mass is 16.5. The standard InChI is InChI=1S/C13H27NO/c1-3-4-5-6-10-14-11-13(12-15-2)8-7-9-13/h14H,3-12H2,1-2H3. The zero-order chi connectivity index (χ0) is 11.0. The van der Waals surface area contributed by atoms with Gasteiger partial charge in [-0.15, -0.1) is 0 Å². The summed E-state index contributed by atoms with van der Waals surface area (Å²) in [5.74, 6) is 0. The van der Waals surface area contributed by atoms with Crippen molar-refractivity contribution in [3.8, 4) is 0 Å². The summed E-state index contributed by atoms with van der Waals surface area (Å²) in [5.41, 5.74) is 0.486. The van der Waals surface area contributed by atoms with Crippen LogP contribution >= 0.6 is 0 Å². The number of unbranched alkanes of at least 4 members (excludes halogenated alkanes) is 3. The molecule has 0 amide bonds. The number of nitrogens with one attached hydrogen (secondary N) is 1. The summed E-state index contributed by atoms with van der Waals surface area (Å²) in [6.07, 6.45) is 9.50. The molecule has 0 aromatic rings. The number of methoxy groups -OCH3 is 1. The lowest BCUT2D eigenvalue weighted by molar-refractivity contribution is 0.0180. The van der Waals surface area contributed by atoms with Gasteiger partial charge in [0.15, 0.2) is 0 Å². The first-order chi connectivity index (χ1) is 7.33. The Bertz CT molecular complexity index is 155. The Kier molecular flexibility index (Phi) is 6.26. The maximum Gasteiger partial charge on any atom is 0.0530 e. The molecule has 0 atom stereocenters. The summed E-state index contributed by atoms with van der Waals surface area (Å²) < 4.78 is 5.30. The zero-order valence-corrected chi connectivity index (χ0v) is 10.5. The van der Waals surface area contributed by atoms with Crippen molar-refractivity contribution in [2.45, 2.75) is 51.9 Å². The van der Waals surface area contributed by atoms with E-state index in [1.165, 1.54) is 51.5 Å². The summed E-state index contributed by atoms with van der Waals surface area (Å²) in [4.78, 5) is 0. The Hall–Kier alpha value is -0.0800. The Balaban J connectivity index is 1.98. The lowest BCUT2D eigenvalue weighted by Crippen LogP contribution is -2.43. The lowest BCUT2D eigenvalue weighted by atomic mass is 9.69. The Labute approximate surface area is 94.8 Å². The van der Waals surface area contributed by atoms with E-state index in [9.17, 15) is 0 Å². The van der Waals surface area contributed by atoms with Gasteiger partial charge in [-0.3, -0.25) is 0 Å². The molecule has 0 saturated heterocycles. The number of hydrogen-bond donors (Lipinski definition) is 1. The van der Waals surface area contributed by atoms with E-state index >= 15 is 0 Å². The maximum absolute atomic E-state index is 5.30. The molecule has 1 saturated carbocycles. The van der Waals surface area contributed by atoms with E-state index in [1.54, 1.807) is 0 Å². The van der Waals surface area contributed by atoms with Crippen LogP contribution in [0.3, 0.4) is 0 Å². The summed E-state index contributed by atoms with van der Waals surface area (Å²) in [6, 6.07) is 0. The average Bonchev–Trinajstić information content (AvgIpc) is 2.19. The van der Waals surface area contributed by atoms with E-state index in [-0.39, 0.29) is 0 Å². The third-order valence-corrected chi connectivity index (χ3v) is 3.57. The maximum atomic E-state index is 5.30. The number of rotatable bonds is 9. The van der Waals surface area contributed by atoms with Gasteiger partial charge in [-0.25, -0.2) is 0 Å². The molecule has 0 spiro atoms. The molecule has 0 bridgehead atoms. The molecular formula is C13H27NO. The van der Waals surface area contributed by atoms with Crippen LogP contribution in [-0.2, 0) is 4.74 Å². The quantitative estimate of drug-likeness (QED) is 0.595. The number of ether oxygens (including phenoxy) is 1. The molecule has 1 fully saturated rings. The second-order valence-corrected chi connectivity index (χ2v) is 5.02. The molecule has 1 aliphatic rings. The van der Waals surface area contributed by atoms with Crippen LogP contribution in [0.1, 0.15) is 51.9 Å².